The van der Waals surface area contributed by atoms with Gasteiger partial charge in [-0.3, -0.25) is 9.59 Å². The first kappa shape index (κ1) is 12.4. The first-order chi connectivity index (χ1) is 8.66. The van der Waals surface area contributed by atoms with Gasteiger partial charge in [-0.2, -0.15) is 0 Å². The van der Waals surface area contributed by atoms with E-state index in [1.807, 2.05) is 30.3 Å². The largest absolute Gasteiger partial charge is 0.481 e. The summed E-state index contributed by atoms with van der Waals surface area (Å²) in [4.78, 5) is 21.9. The summed E-state index contributed by atoms with van der Waals surface area (Å²) in [6.45, 7) is 0. The zero-order valence-electron chi connectivity index (χ0n) is 9.89. The van der Waals surface area contributed by atoms with Gasteiger partial charge in [0.15, 0.2) is 0 Å². The van der Waals surface area contributed by atoms with Crippen LogP contribution in [0, 0.1) is 0 Å². The van der Waals surface area contributed by atoms with Crippen LogP contribution in [0.3, 0.4) is 0 Å². The van der Waals surface area contributed by atoms with Crippen molar-refractivity contribution in [1.29, 1.82) is 0 Å². The van der Waals surface area contributed by atoms with E-state index in [-0.39, 0.29) is 12.8 Å². The summed E-state index contributed by atoms with van der Waals surface area (Å²) in [6.07, 6.45) is 3.34. The third kappa shape index (κ3) is 2.97. The van der Waals surface area contributed by atoms with Crippen molar-refractivity contribution >= 4 is 17.7 Å². The van der Waals surface area contributed by atoms with E-state index < -0.39 is 11.9 Å². The Morgan fingerprint density at radius 2 is 2.00 bits per heavy atom. The number of carbonyl (C=O) groups excluding carboxylic acids is 1. The van der Waals surface area contributed by atoms with Gasteiger partial charge >= 0.3 is 11.9 Å². The maximum atomic E-state index is 11.5. The molecule has 0 aromatic heterocycles. The number of carbonyl (C=O) groups is 2. The van der Waals surface area contributed by atoms with Crippen LogP contribution in [0.4, 0.5) is 0 Å². The Hall–Kier alpha value is -2.10. The molecule has 0 heterocycles. The molecule has 0 spiro atoms. The minimum atomic E-state index is -0.995. The van der Waals surface area contributed by atoms with Crippen LogP contribution in [0.2, 0.25) is 0 Å². The minimum Gasteiger partial charge on any atom is -0.481 e. The third-order valence-corrected chi connectivity index (χ3v) is 2.79. The van der Waals surface area contributed by atoms with E-state index in [4.69, 9.17) is 9.84 Å². The van der Waals surface area contributed by atoms with Crippen molar-refractivity contribution in [3.05, 3.63) is 41.5 Å². The Morgan fingerprint density at radius 3 is 2.78 bits per heavy atom. The van der Waals surface area contributed by atoms with E-state index in [1.165, 1.54) is 0 Å². The molecule has 18 heavy (non-hydrogen) atoms. The van der Waals surface area contributed by atoms with Crippen LogP contribution in [0.15, 0.2) is 30.3 Å². The Kier molecular flexibility index (Phi) is 3.77. The molecular weight excluding hydrogens is 232 g/mol. The van der Waals surface area contributed by atoms with Crippen molar-refractivity contribution in [3.63, 3.8) is 0 Å². The first-order valence-electron chi connectivity index (χ1n) is 5.88. The van der Waals surface area contributed by atoms with Gasteiger partial charge in [-0.1, -0.05) is 24.3 Å². The molecule has 1 aliphatic rings. The molecule has 1 N–H and O–H groups in total. The molecule has 0 unspecified atom stereocenters. The van der Waals surface area contributed by atoms with Crippen molar-refractivity contribution < 1.29 is 19.4 Å². The number of rotatable bonds is 4. The van der Waals surface area contributed by atoms with E-state index in [2.05, 4.69) is 0 Å². The van der Waals surface area contributed by atoms with E-state index in [0.717, 1.165) is 24.0 Å². The molecule has 94 valence electrons. The van der Waals surface area contributed by atoms with E-state index in [0.29, 0.717) is 5.76 Å². The van der Waals surface area contributed by atoms with Crippen LogP contribution in [-0.4, -0.2) is 17.0 Å². The fraction of sp³-hybridized carbons (Fsp3) is 0.286. The zero-order valence-corrected chi connectivity index (χ0v) is 9.89. The molecule has 0 bridgehead atoms. The van der Waals surface area contributed by atoms with Gasteiger partial charge in [-0.15, -0.1) is 0 Å². The van der Waals surface area contributed by atoms with Gasteiger partial charge in [0.1, 0.15) is 5.76 Å². The predicted octanol–water partition coefficient (Wildman–Crippen LogP) is 2.38. The number of allylic oxidation sites excluding steroid dienone is 1. The Balaban J connectivity index is 2.04. The molecule has 0 amide bonds. The van der Waals surface area contributed by atoms with E-state index >= 15 is 0 Å². The van der Waals surface area contributed by atoms with Crippen molar-refractivity contribution in [1.82, 2.24) is 0 Å². The molecule has 0 atom stereocenters. The van der Waals surface area contributed by atoms with E-state index in [1.54, 1.807) is 0 Å². The topological polar surface area (TPSA) is 63.6 Å². The molecule has 2 rings (SSSR count). The molecule has 0 aliphatic heterocycles. The highest BCUT2D eigenvalue weighted by atomic mass is 16.5. The lowest BCUT2D eigenvalue weighted by Gasteiger charge is -2.16. The van der Waals surface area contributed by atoms with Crippen molar-refractivity contribution in [2.75, 3.05) is 0 Å². The summed E-state index contributed by atoms with van der Waals surface area (Å²) in [5, 5.41) is 8.50. The molecule has 4 heteroatoms. The summed E-state index contributed by atoms with van der Waals surface area (Å²) in [6, 6.07) is 7.76. The Labute approximate surface area is 105 Å². The summed E-state index contributed by atoms with van der Waals surface area (Å²) in [5.74, 6) is -0.947. The van der Waals surface area contributed by atoms with Crippen molar-refractivity contribution in [2.24, 2.45) is 0 Å². The van der Waals surface area contributed by atoms with Crippen LogP contribution in [0.1, 0.15) is 30.4 Å². The quantitative estimate of drug-likeness (QED) is 0.828. The van der Waals surface area contributed by atoms with Gasteiger partial charge in [-0.25, -0.2) is 0 Å². The van der Waals surface area contributed by atoms with Gasteiger partial charge < -0.3 is 9.84 Å². The number of aryl methyl sites for hydroxylation is 1. The van der Waals surface area contributed by atoms with E-state index in [9.17, 15) is 9.59 Å². The highest BCUT2D eigenvalue weighted by molar-refractivity contribution is 5.82. The summed E-state index contributed by atoms with van der Waals surface area (Å²) >= 11 is 0. The molecule has 0 radical (unpaired) electrons. The van der Waals surface area contributed by atoms with Crippen molar-refractivity contribution in [3.8, 4) is 0 Å². The lowest BCUT2D eigenvalue weighted by atomic mass is 9.96. The zero-order chi connectivity index (χ0) is 13.0. The summed E-state index contributed by atoms with van der Waals surface area (Å²) in [5.41, 5.74) is 2.08. The SMILES string of the molecule is O=C(O)CCC(=O)OC1=CCCc2ccccc21. The Morgan fingerprint density at radius 1 is 1.22 bits per heavy atom. The van der Waals surface area contributed by atoms with Gasteiger partial charge in [-0.05, 0) is 24.5 Å². The number of fused-ring (bicyclic) bond motifs is 1. The minimum absolute atomic E-state index is 0.102. The van der Waals surface area contributed by atoms with Crippen LogP contribution in [0.5, 0.6) is 0 Å². The average Bonchev–Trinajstić information content (AvgIpc) is 2.37. The summed E-state index contributed by atoms with van der Waals surface area (Å²) in [7, 11) is 0. The smallest absolute Gasteiger partial charge is 0.311 e. The third-order valence-electron chi connectivity index (χ3n) is 2.79. The molecule has 1 aromatic carbocycles. The predicted molar refractivity (Wildman–Crippen MR) is 65.7 cm³/mol. The highest BCUT2D eigenvalue weighted by Crippen LogP contribution is 2.27. The fourth-order valence-corrected chi connectivity index (χ4v) is 1.93. The molecule has 4 nitrogen and oxygen atoms in total. The van der Waals surface area contributed by atoms with Crippen LogP contribution < -0.4 is 0 Å². The number of ether oxygens (including phenoxy) is 1. The molecule has 0 saturated heterocycles. The monoisotopic (exact) mass is 246 g/mol. The number of hydrogen-bond donors (Lipinski definition) is 1. The average molecular weight is 246 g/mol. The number of hydrogen-bond acceptors (Lipinski definition) is 3. The highest BCUT2D eigenvalue weighted by Gasteiger charge is 2.16. The first-order valence-corrected chi connectivity index (χ1v) is 5.88. The molecule has 1 aliphatic carbocycles. The number of benzene rings is 1. The number of esters is 1. The van der Waals surface area contributed by atoms with Crippen molar-refractivity contribution in [2.45, 2.75) is 25.7 Å². The maximum Gasteiger partial charge on any atom is 0.311 e. The second kappa shape index (κ2) is 5.49. The fourth-order valence-electron chi connectivity index (χ4n) is 1.93. The number of carboxylic acid groups (broad SMARTS) is 1. The molecule has 0 saturated carbocycles. The lowest BCUT2D eigenvalue weighted by molar-refractivity contribution is -0.143. The van der Waals surface area contributed by atoms with Crippen LogP contribution >= 0.6 is 0 Å². The standard InChI is InChI=1S/C14H14O4/c15-13(16)8-9-14(17)18-12-7-3-5-10-4-1-2-6-11(10)12/h1-2,4,6-7H,3,5,8-9H2,(H,15,16). The van der Waals surface area contributed by atoms with Gasteiger partial charge in [0.05, 0.1) is 12.8 Å². The summed E-state index contributed by atoms with van der Waals surface area (Å²) < 4.78 is 5.23. The van der Waals surface area contributed by atoms with Crippen LogP contribution in [0.25, 0.3) is 5.76 Å². The van der Waals surface area contributed by atoms with Gasteiger partial charge in [0.25, 0.3) is 0 Å². The lowest BCUT2D eigenvalue weighted by Crippen LogP contribution is -2.09. The second-order valence-electron chi connectivity index (χ2n) is 4.13. The Bertz CT molecular complexity index is 502. The van der Waals surface area contributed by atoms with Gasteiger partial charge in [0.2, 0.25) is 0 Å². The van der Waals surface area contributed by atoms with Crippen LogP contribution in [-0.2, 0) is 20.7 Å². The maximum absolute atomic E-state index is 11.5. The number of aliphatic carboxylic acids is 1. The molecule has 0 fully saturated rings. The van der Waals surface area contributed by atoms with Gasteiger partial charge in [0, 0.05) is 5.56 Å². The molecule has 1 aromatic rings. The molecular formula is C14H14O4. The second-order valence-corrected chi connectivity index (χ2v) is 4.13. The number of carboxylic acids is 1. The normalized spacial score (nSPS) is 13.4.